The lowest BCUT2D eigenvalue weighted by atomic mass is 9.99. The first-order chi connectivity index (χ1) is 18.2. The zero-order valence-corrected chi connectivity index (χ0v) is 20.9. The number of piperazine rings is 1. The van der Waals surface area contributed by atoms with E-state index in [1.54, 1.807) is 29.4 Å². The number of carbonyl (C=O) groups excluding carboxylic acids is 2. The first kappa shape index (κ1) is 25.7. The Morgan fingerprint density at radius 1 is 0.947 bits per heavy atom. The van der Waals surface area contributed by atoms with Gasteiger partial charge in [-0.3, -0.25) is 19.5 Å². The molecule has 2 aliphatic rings. The number of amides is 2. The van der Waals surface area contributed by atoms with Gasteiger partial charge in [-0.1, -0.05) is 12.1 Å². The van der Waals surface area contributed by atoms with Gasteiger partial charge < -0.3 is 14.5 Å². The number of nitrogens with zero attached hydrogens (tertiary/aromatic N) is 4. The number of hydrogen-bond acceptors (Lipinski definition) is 5. The van der Waals surface area contributed by atoms with Crippen LogP contribution in [0.15, 0.2) is 60.9 Å². The molecule has 38 heavy (non-hydrogen) atoms. The number of ether oxygens (including phenoxy) is 1. The Hall–Kier alpha value is -3.92. The third kappa shape index (κ3) is 5.80. The molecule has 1 aromatic heterocycles. The van der Waals surface area contributed by atoms with Crippen molar-refractivity contribution in [3.8, 4) is 5.75 Å². The van der Waals surface area contributed by atoms with Crippen LogP contribution in [0.4, 0.5) is 13.2 Å². The smallest absolute Gasteiger partial charge is 0.406 e. The number of pyridine rings is 1. The highest BCUT2D eigenvalue weighted by Crippen LogP contribution is 2.30. The fourth-order valence-corrected chi connectivity index (χ4v) is 5.03. The Morgan fingerprint density at radius 3 is 2.26 bits per heavy atom. The molecule has 3 heterocycles. The molecule has 0 radical (unpaired) electrons. The highest BCUT2D eigenvalue weighted by Gasteiger charge is 2.32. The number of fused-ring (bicyclic) bond motifs is 1. The van der Waals surface area contributed by atoms with Gasteiger partial charge in [-0.15, -0.1) is 13.2 Å². The molecule has 1 fully saturated rings. The Balaban J connectivity index is 1.22. The zero-order chi connectivity index (χ0) is 26.9. The van der Waals surface area contributed by atoms with Gasteiger partial charge in [0.25, 0.3) is 11.8 Å². The summed E-state index contributed by atoms with van der Waals surface area (Å²) in [6.07, 6.45) is -1.20. The molecule has 198 valence electrons. The number of alkyl halides is 3. The van der Waals surface area contributed by atoms with E-state index in [1.165, 1.54) is 29.8 Å². The molecular formula is C28H27F3N4O3. The minimum atomic E-state index is -4.76. The van der Waals surface area contributed by atoms with E-state index in [-0.39, 0.29) is 24.1 Å². The molecule has 0 saturated carbocycles. The predicted octanol–water partition coefficient (Wildman–Crippen LogP) is 4.40. The van der Waals surface area contributed by atoms with Crippen LogP contribution in [0.3, 0.4) is 0 Å². The summed E-state index contributed by atoms with van der Waals surface area (Å²) in [5.74, 6) is -0.517. The van der Waals surface area contributed by atoms with Gasteiger partial charge in [0.2, 0.25) is 0 Å². The normalized spacial score (nSPS) is 16.1. The van der Waals surface area contributed by atoms with E-state index in [4.69, 9.17) is 0 Å². The third-order valence-electron chi connectivity index (χ3n) is 6.87. The summed E-state index contributed by atoms with van der Waals surface area (Å²) in [6, 6.07) is 13.0. The Kier molecular flexibility index (Phi) is 7.07. The molecule has 3 aromatic rings. The standard InChI is InChI=1S/C28H27F3N4O3/c1-19-14-22(26(36)34-12-10-33(11-13-34)16-21-6-8-32-9-7-21)15-23-18-35(27(37)25(19)23)17-20-2-4-24(5-3-20)38-28(29,30)31/h2-9,14-15H,10-13,16-18H2,1H3. The van der Waals surface area contributed by atoms with Gasteiger partial charge >= 0.3 is 6.36 Å². The van der Waals surface area contributed by atoms with Gasteiger partial charge in [-0.2, -0.15) is 0 Å². The molecule has 2 amide bonds. The van der Waals surface area contributed by atoms with Crippen LogP contribution in [0.25, 0.3) is 0 Å². The largest absolute Gasteiger partial charge is 0.573 e. The molecule has 7 nitrogen and oxygen atoms in total. The zero-order valence-electron chi connectivity index (χ0n) is 20.9. The highest BCUT2D eigenvalue weighted by molar-refractivity contribution is 6.02. The summed E-state index contributed by atoms with van der Waals surface area (Å²) in [5.41, 5.74) is 4.54. The lowest BCUT2D eigenvalue weighted by molar-refractivity contribution is -0.274. The monoisotopic (exact) mass is 524 g/mol. The second-order valence-corrected chi connectivity index (χ2v) is 9.60. The molecular weight excluding hydrogens is 497 g/mol. The highest BCUT2D eigenvalue weighted by atomic mass is 19.4. The maximum Gasteiger partial charge on any atom is 0.573 e. The van der Waals surface area contributed by atoms with Gasteiger partial charge in [-0.25, -0.2) is 0 Å². The predicted molar refractivity (Wildman–Crippen MR) is 133 cm³/mol. The van der Waals surface area contributed by atoms with Crippen molar-refractivity contribution in [3.63, 3.8) is 0 Å². The van der Waals surface area contributed by atoms with Crippen molar-refractivity contribution in [1.29, 1.82) is 0 Å². The van der Waals surface area contributed by atoms with Crippen LogP contribution >= 0.6 is 0 Å². The lowest BCUT2D eigenvalue weighted by Gasteiger charge is -2.35. The summed E-state index contributed by atoms with van der Waals surface area (Å²) in [7, 11) is 0. The van der Waals surface area contributed by atoms with Crippen molar-refractivity contribution in [3.05, 3.63) is 94.3 Å². The maximum absolute atomic E-state index is 13.3. The number of rotatable bonds is 6. The van der Waals surface area contributed by atoms with Gasteiger partial charge in [0.05, 0.1) is 0 Å². The van der Waals surface area contributed by atoms with E-state index in [0.717, 1.165) is 30.8 Å². The molecule has 2 aromatic carbocycles. The SMILES string of the molecule is Cc1cc(C(=O)N2CCN(Cc3ccncc3)CC2)cc2c1C(=O)N(Cc1ccc(OC(F)(F)F)cc1)C2. The summed E-state index contributed by atoms with van der Waals surface area (Å²) >= 11 is 0. The summed E-state index contributed by atoms with van der Waals surface area (Å²) < 4.78 is 41.1. The number of hydrogen-bond donors (Lipinski definition) is 0. The molecule has 10 heteroatoms. The summed E-state index contributed by atoms with van der Waals surface area (Å²) in [5, 5.41) is 0. The fourth-order valence-electron chi connectivity index (χ4n) is 5.03. The molecule has 0 atom stereocenters. The molecule has 0 spiro atoms. The van der Waals surface area contributed by atoms with E-state index in [9.17, 15) is 22.8 Å². The molecule has 0 unspecified atom stereocenters. The van der Waals surface area contributed by atoms with Crippen molar-refractivity contribution in [2.75, 3.05) is 26.2 Å². The van der Waals surface area contributed by atoms with Crippen LogP contribution in [0.1, 0.15) is 43.0 Å². The van der Waals surface area contributed by atoms with Crippen molar-refractivity contribution in [1.82, 2.24) is 19.7 Å². The molecule has 0 aliphatic carbocycles. The summed E-state index contributed by atoms with van der Waals surface area (Å²) in [4.78, 5) is 36.2. The van der Waals surface area contributed by atoms with Crippen molar-refractivity contribution in [2.45, 2.75) is 32.9 Å². The van der Waals surface area contributed by atoms with Crippen LogP contribution in [-0.2, 0) is 19.6 Å². The average molecular weight is 525 g/mol. The average Bonchev–Trinajstić information content (AvgIpc) is 3.20. The van der Waals surface area contributed by atoms with E-state index < -0.39 is 6.36 Å². The molecule has 0 bridgehead atoms. The lowest BCUT2D eigenvalue weighted by Crippen LogP contribution is -2.48. The Morgan fingerprint density at radius 2 is 1.61 bits per heavy atom. The minimum Gasteiger partial charge on any atom is -0.406 e. The van der Waals surface area contributed by atoms with Crippen LogP contribution in [-0.4, -0.2) is 64.0 Å². The van der Waals surface area contributed by atoms with Crippen LogP contribution < -0.4 is 4.74 Å². The van der Waals surface area contributed by atoms with Gasteiger partial charge in [-0.05, 0) is 65.6 Å². The van der Waals surface area contributed by atoms with Gasteiger partial charge in [0, 0.05) is 69.3 Å². The van der Waals surface area contributed by atoms with Crippen LogP contribution in [0, 0.1) is 6.92 Å². The molecule has 0 N–H and O–H groups in total. The second kappa shape index (κ2) is 10.4. The minimum absolute atomic E-state index is 0.0504. The number of benzene rings is 2. The fraction of sp³-hybridized carbons (Fsp3) is 0.321. The van der Waals surface area contributed by atoms with Crippen molar-refractivity contribution >= 4 is 11.8 Å². The van der Waals surface area contributed by atoms with E-state index in [0.29, 0.717) is 36.3 Å². The third-order valence-corrected chi connectivity index (χ3v) is 6.87. The van der Waals surface area contributed by atoms with E-state index in [1.807, 2.05) is 24.0 Å². The molecule has 2 aliphatic heterocycles. The van der Waals surface area contributed by atoms with Crippen LogP contribution in [0.2, 0.25) is 0 Å². The van der Waals surface area contributed by atoms with Gasteiger partial charge in [0.1, 0.15) is 5.75 Å². The number of aromatic nitrogens is 1. The van der Waals surface area contributed by atoms with E-state index in [2.05, 4.69) is 14.6 Å². The number of carbonyl (C=O) groups is 2. The first-order valence-corrected chi connectivity index (χ1v) is 12.3. The quantitative estimate of drug-likeness (QED) is 0.478. The van der Waals surface area contributed by atoms with E-state index >= 15 is 0 Å². The summed E-state index contributed by atoms with van der Waals surface area (Å²) in [6.45, 7) is 6.01. The maximum atomic E-state index is 13.3. The molecule has 1 saturated heterocycles. The van der Waals surface area contributed by atoms with Gasteiger partial charge in [0.15, 0.2) is 0 Å². The second-order valence-electron chi connectivity index (χ2n) is 9.60. The Labute approximate surface area is 218 Å². The first-order valence-electron chi connectivity index (χ1n) is 12.3. The number of halogens is 3. The molecule has 5 rings (SSSR count). The van der Waals surface area contributed by atoms with Crippen LogP contribution in [0.5, 0.6) is 5.75 Å². The van der Waals surface area contributed by atoms with Crippen molar-refractivity contribution in [2.24, 2.45) is 0 Å². The Bertz CT molecular complexity index is 1320. The van der Waals surface area contributed by atoms with Crippen molar-refractivity contribution < 1.29 is 27.5 Å². The topological polar surface area (TPSA) is 66.0 Å². The number of aryl methyl sites for hydroxylation is 1.